The summed E-state index contributed by atoms with van der Waals surface area (Å²) in [4.78, 5) is 5.36. The van der Waals surface area contributed by atoms with Gasteiger partial charge in [0.2, 0.25) is 0 Å². The summed E-state index contributed by atoms with van der Waals surface area (Å²) in [6.45, 7) is 6.08. The molecule has 4 nitrogen and oxygen atoms in total. The number of anilines is 1. The van der Waals surface area contributed by atoms with Crippen molar-refractivity contribution in [1.82, 2.24) is 4.98 Å². The minimum absolute atomic E-state index is 0.526. The largest absolute Gasteiger partial charge is 0.494 e. The molecule has 0 unspecified atom stereocenters. The third kappa shape index (κ3) is 4.13. The van der Waals surface area contributed by atoms with Crippen LogP contribution in [0.3, 0.4) is 0 Å². The van der Waals surface area contributed by atoms with E-state index < -0.39 is 0 Å². The fourth-order valence-electron chi connectivity index (χ4n) is 1.58. The van der Waals surface area contributed by atoms with Gasteiger partial charge in [0.05, 0.1) is 11.5 Å². The molecule has 0 fully saturated rings. The molecule has 0 amide bonds. The first-order valence-corrected chi connectivity index (χ1v) is 7.17. The third-order valence-electron chi connectivity index (χ3n) is 2.38. The highest BCUT2D eigenvalue weighted by atomic mass is 32.1. The van der Waals surface area contributed by atoms with Crippen LogP contribution in [0.15, 0.2) is 30.5 Å². The monoisotopic (exact) mass is 278 g/mol. The molecule has 0 aliphatic heterocycles. The standard InChI is InChI=1S/C14H18N2O2S/c1-3-15-14-16-9-13(19-14)10-18-12-7-5-6-11(8-12)17-4-2/h5-9H,3-4,10H2,1-2H3,(H,15,16). The molecule has 0 aliphatic rings. The molecular formula is C14H18N2O2S. The lowest BCUT2D eigenvalue weighted by molar-refractivity contribution is 0.302. The molecule has 0 saturated heterocycles. The Bertz CT molecular complexity index is 514. The minimum Gasteiger partial charge on any atom is -0.494 e. The average molecular weight is 278 g/mol. The molecule has 0 atom stereocenters. The van der Waals surface area contributed by atoms with Crippen LogP contribution in [0.4, 0.5) is 5.13 Å². The molecule has 102 valence electrons. The summed E-state index contributed by atoms with van der Waals surface area (Å²) in [6, 6.07) is 7.67. The van der Waals surface area contributed by atoms with Crippen LogP contribution in [0.5, 0.6) is 11.5 Å². The maximum atomic E-state index is 5.73. The average Bonchev–Trinajstić information content (AvgIpc) is 2.86. The van der Waals surface area contributed by atoms with Gasteiger partial charge in [0.1, 0.15) is 18.1 Å². The Kier molecular flexibility index (Phi) is 5.03. The highest BCUT2D eigenvalue weighted by Gasteiger charge is 2.03. The molecule has 0 spiro atoms. The lowest BCUT2D eigenvalue weighted by Gasteiger charge is -2.07. The molecule has 19 heavy (non-hydrogen) atoms. The Morgan fingerprint density at radius 3 is 2.74 bits per heavy atom. The van der Waals surface area contributed by atoms with E-state index in [0.29, 0.717) is 13.2 Å². The van der Waals surface area contributed by atoms with Gasteiger partial charge in [0, 0.05) is 18.8 Å². The fourth-order valence-corrected chi connectivity index (χ4v) is 2.38. The summed E-state index contributed by atoms with van der Waals surface area (Å²) in [5.74, 6) is 1.64. The van der Waals surface area contributed by atoms with Crippen molar-refractivity contribution in [2.24, 2.45) is 0 Å². The molecule has 1 aromatic carbocycles. The van der Waals surface area contributed by atoms with Gasteiger partial charge in [-0.1, -0.05) is 17.4 Å². The first-order valence-electron chi connectivity index (χ1n) is 6.36. The van der Waals surface area contributed by atoms with E-state index >= 15 is 0 Å². The Labute approximate surface area is 117 Å². The number of benzene rings is 1. The fraction of sp³-hybridized carbons (Fsp3) is 0.357. The number of hydrogen-bond donors (Lipinski definition) is 1. The second kappa shape index (κ2) is 6.99. The molecular weight excluding hydrogens is 260 g/mol. The summed E-state index contributed by atoms with van der Waals surface area (Å²) in [7, 11) is 0. The van der Waals surface area contributed by atoms with Crippen LogP contribution in [0, 0.1) is 0 Å². The Balaban J connectivity index is 1.91. The molecule has 0 aliphatic carbocycles. The van der Waals surface area contributed by atoms with Crippen molar-refractivity contribution in [3.8, 4) is 11.5 Å². The molecule has 1 heterocycles. The highest BCUT2D eigenvalue weighted by molar-refractivity contribution is 7.15. The molecule has 1 N–H and O–H groups in total. The minimum atomic E-state index is 0.526. The first kappa shape index (κ1) is 13.7. The predicted octanol–water partition coefficient (Wildman–Crippen LogP) is 3.55. The lowest BCUT2D eigenvalue weighted by Crippen LogP contribution is -1.95. The summed E-state index contributed by atoms with van der Waals surface area (Å²) >= 11 is 1.61. The van der Waals surface area contributed by atoms with E-state index in [-0.39, 0.29) is 0 Å². The Morgan fingerprint density at radius 2 is 2.00 bits per heavy atom. The van der Waals surface area contributed by atoms with Crippen molar-refractivity contribution in [3.63, 3.8) is 0 Å². The van der Waals surface area contributed by atoms with Gasteiger partial charge in [-0.15, -0.1) is 0 Å². The van der Waals surface area contributed by atoms with Gasteiger partial charge in [-0.2, -0.15) is 0 Å². The van der Waals surface area contributed by atoms with Crippen LogP contribution in [0.2, 0.25) is 0 Å². The zero-order valence-corrected chi connectivity index (χ0v) is 12.0. The van der Waals surface area contributed by atoms with Crippen LogP contribution in [-0.4, -0.2) is 18.1 Å². The molecule has 0 radical (unpaired) electrons. The van der Waals surface area contributed by atoms with Crippen molar-refractivity contribution in [1.29, 1.82) is 0 Å². The lowest BCUT2D eigenvalue weighted by atomic mass is 10.3. The maximum absolute atomic E-state index is 5.73. The van der Waals surface area contributed by atoms with Crippen molar-refractivity contribution < 1.29 is 9.47 Å². The predicted molar refractivity (Wildman–Crippen MR) is 78.2 cm³/mol. The van der Waals surface area contributed by atoms with Gasteiger partial charge >= 0.3 is 0 Å². The molecule has 5 heteroatoms. The summed E-state index contributed by atoms with van der Waals surface area (Å²) in [5.41, 5.74) is 0. The topological polar surface area (TPSA) is 43.4 Å². The first-order chi connectivity index (χ1) is 9.31. The number of hydrogen-bond acceptors (Lipinski definition) is 5. The smallest absolute Gasteiger partial charge is 0.182 e. The van der Waals surface area contributed by atoms with Gasteiger partial charge in [-0.05, 0) is 26.0 Å². The molecule has 0 saturated carbocycles. The van der Waals surface area contributed by atoms with Crippen LogP contribution in [0.25, 0.3) is 0 Å². The van der Waals surface area contributed by atoms with Gasteiger partial charge in [0.15, 0.2) is 5.13 Å². The van der Waals surface area contributed by atoms with Gasteiger partial charge < -0.3 is 14.8 Å². The van der Waals surface area contributed by atoms with E-state index in [1.807, 2.05) is 37.4 Å². The zero-order valence-electron chi connectivity index (χ0n) is 11.2. The number of ether oxygens (including phenoxy) is 2. The number of nitrogens with zero attached hydrogens (tertiary/aromatic N) is 1. The van der Waals surface area contributed by atoms with Crippen LogP contribution in [-0.2, 0) is 6.61 Å². The van der Waals surface area contributed by atoms with E-state index in [1.165, 1.54) is 0 Å². The SMILES string of the molecule is CCNc1ncc(COc2cccc(OCC)c2)s1. The third-order valence-corrected chi connectivity index (χ3v) is 3.31. The van der Waals surface area contributed by atoms with Crippen LogP contribution >= 0.6 is 11.3 Å². The second-order valence-corrected chi connectivity index (χ2v) is 4.97. The van der Waals surface area contributed by atoms with E-state index in [2.05, 4.69) is 17.2 Å². The molecule has 1 aromatic heterocycles. The van der Waals surface area contributed by atoms with Crippen molar-refractivity contribution in [3.05, 3.63) is 35.3 Å². The molecule has 0 bridgehead atoms. The highest BCUT2D eigenvalue weighted by Crippen LogP contribution is 2.23. The Morgan fingerprint density at radius 1 is 1.21 bits per heavy atom. The van der Waals surface area contributed by atoms with Crippen molar-refractivity contribution >= 4 is 16.5 Å². The van der Waals surface area contributed by atoms with Crippen LogP contribution in [0.1, 0.15) is 18.7 Å². The maximum Gasteiger partial charge on any atom is 0.182 e. The number of rotatable bonds is 7. The van der Waals surface area contributed by atoms with E-state index in [9.17, 15) is 0 Å². The van der Waals surface area contributed by atoms with Gasteiger partial charge in [-0.25, -0.2) is 4.98 Å². The van der Waals surface area contributed by atoms with Crippen LogP contribution < -0.4 is 14.8 Å². The van der Waals surface area contributed by atoms with Crippen molar-refractivity contribution in [2.75, 3.05) is 18.5 Å². The summed E-state index contributed by atoms with van der Waals surface area (Å²) < 4.78 is 11.2. The molecule has 2 rings (SSSR count). The van der Waals surface area contributed by atoms with Crippen molar-refractivity contribution in [2.45, 2.75) is 20.5 Å². The zero-order chi connectivity index (χ0) is 13.5. The number of nitrogens with one attached hydrogen (secondary N) is 1. The van der Waals surface area contributed by atoms with E-state index in [1.54, 1.807) is 11.3 Å². The summed E-state index contributed by atoms with van der Waals surface area (Å²) in [5, 5.41) is 4.12. The van der Waals surface area contributed by atoms with Gasteiger partial charge in [-0.3, -0.25) is 0 Å². The Hall–Kier alpha value is -1.75. The normalized spacial score (nSPS) is 10.2. The summed E-state index contributed by atoms with van der Waals surface area (Å²) in [6.07, 6.45) is 1.84. The van der Waals surface area contributed by atoms with E-state index in [4.69, 9.17) is 9.47 Å². The quantitative estimate of drug-likeness (QED) is 0.841. The second-order valence-electron chi connectivity index (χ2n) is 3.86. The number of aromatic nitrogens is 1. The molecule has 2 aromatic rings. The van der Waals surface area contributed by atoms with E-state index in [0.717, 1.165) is 28.1 Å². The van der Waals surface area contributed by atoms with Gasteiger partial charge in [0.25, 0.3) is 0 Å². The number of thiazole rings is 1.